The van der Waals surface area contributed by atoms with Gasteiger partial charge < -0.3 is 4.74 Å². The first-order valence-electron chi connectivity index (χ1n) is 4.20. The second kappa shape index (κ2) is 5.28. The van der Waals surface area contributed by atoms with Crippen molar-refractivity contribution in [3.05, 3.63) is 0 Å². The first kappa shape index (κ1) is 10.6. The van der Waals surface area contributed by atoms with E-state index in [-0.39, 0.29) is 0 Å². The first-order valence-corrected chi connectivity index (χ1v) is 5.27. The van der Waals surface area contributed by atoms with Crippen LogP contribution in [0.15, 0.2) is 0 Å². The number of nitrogens with zero attached hydrogens (tertiary/aromatic N) is 1. The summed E-state index contributed by atoms with van der Waals surface area (Å²) in [4.78, 5) is 2.30. The Morgan fingerprint density at radius 1 is 1.50 bits per heavy atom. The summed E-state index contributed by atoms with van der Waals surface area (Å²) in [5.74, 6) is 1.22. The number of alkyl halides is 2. The number of hydrogen-bond acceptors (Lipinski definition) is 2. The van der Waals surface area contributed by atoms with Gasteiger partial charge in [-0.05, 0) is 6.42 Å². The Morgan fingerprint density at radius 3 is 2.58 bits per heavy atom. The number of halogens is 2. The second-order valence-electron chi connectivity index (χ2n) is 3.10. The molecule has 72 valence electrons. The molecule has 0 saturated carbocycles. The zero-order chi connectivity index (χ0) is 8.97. The van der Waals surface area contributed by atoms with Crippen molar-refractivity contribution in [2.45, 2.75) is 18.6 Å². The third-order valence-corrected chi connectivity index (χ3v) is 3.09. The van der Waals surface area contributed by atoms with Gasteiger partial charge >= 0.3 is 0 Å². The number of methoxy groups -OCH3 is 1. The number of likely N-dealkylation sites (tertiary alicyclic amines) is 1. The fourth-order valence-corrected chi connectivity index (χ4v) is 2.23. The van der Waals surface area contributed by atoms with E-state index in [0.29, 0.717) is 23.9 Å². The van der Waals surface area contributed by atoms with Gasteiger partial charge in [-0.3, -0.25) is 4.90 Å². The molecule has 12 heavy (non-hydrogen) atoms. The molecule has 0 aliphatic carbocycles. The highest BCUT2D eigenvalue weighted by Gasteiger charge is 2.26. The first-order chi connectivity index (χ1) is 5.81. The summed E-state index contributed by atoms with van der Waals surface area (Å²) in [6, 6.07) is 0.313. The van der Waals surface area contributed by atoms with Crippen molar-refractivity contribution in [2.75, 3.05) is 32.0 Å². The quantitative estimate of drug-likeness (QED) is 0.655. The van der Waals surface area contributed by atoms with Gasteiger partial charge in [0, 0.05) is 38.0 Å². The van der Waals surface area contributed by atoms with Gasteiger partial charge in [0.1, 0.15) is 0 Å². The summed E-state index contributed by atoms with van der Waals surface area (Å²) in [5, 5.41) is 0. The summed E-state index contributed by atoms with van der Waals surface area (Å²) in [6.45, 7) is 2.03. The lowest BCUT2D eigenvalue weighted by molar-refractivity contribution is 0.104. The number of ether oxygens (including phenoxy) is 1. The maximum atomic E-state index is 5.77. The third-order valence-electron chi connectivity index (χ3n) is 2.38. The highest BCUT2D eigenvalue weighted by Crippen LogP contribution is 2.16. The Balaban J connectivity index is 2.34. The molecule has 0 bridgehead atoms. The average molecular weight is 212 g/mol. The fourth-order valence-electron chi connectivity index (χ4n) is 1.51. The maximum absolute atomic E-state index is 5.77. The van der Waals surface area contributed by atoms with Gasteiger partial charge in [0.15, 0.2) is 0 Å². The molecule has 1 fully saturated rings. The van der Waals surface area contributed by atoms with Crippen LogP contribution in [-0.2, 0) is 4.74 Å². The third kappa shape index (κ3) is 2.49. The topological polar surface area (TPSA) is 12.5 Å². The van der Waals surface area contributed by atoms with Crippen LogP contribution in [0.3, 0.4) is 0 Å². The highest BCUT2D eigenvalue weighted by atomic mass is 35.5. The maximum Gasteiger partial charge on any atom is 0.0710 e. The molecule has 0 aromatic heterocycles. The van der Waals surface area contributed by atoms with Gasteiger partial charge in [-0.2, -0.15) is 0 Å². The van der Waals surface area contributed by atoms with Crippen molar-refractivity contribution in [2.24, 2.45) is 0 Å². The van der Waals surface area contributed by atoms with Gasteiger partial charge in [0.05, 0.1) is 6.10 Å². The Hall–Kier alpha value is 0.500. The minimum Gasteiger partial charge on any atom is -0.380 e. The van der Waals surface area contributed by atoms with Crippen LogP contribution in [0.2, 0.25) is 0 Å². The van der Waals surface area contributed by atoms with E-state index in [4.69, 9.17) is 27.9 Å². The predicted molar refractivity (Wildman–Crippen MR) is 52.2 cm³/mol. The van der Waals surface area contributed by atoms with E-state index < -0.39 is 0 Å². The molecule has 1 aliphatic heterocycles. The molecule has 1 saturated heterocycles. The van der Waals surface area contributed by atoms with Crippen LogP contribution in [0.25, 0.3) is 0 Å². The second-order valence-corrected chi connectivity index (χ2v) is 3.72. The van der Waals surface area contributed by atoms with Crippen LogP contribution >= 0.6 is 23.2 Å². The SMILES string of the molecule is COC1CCN(C(CCl)CCl)C1. The Morgan fingerprint density at radius 2 is 2.17 bits per heavy atom. The lowest BCUT2D eigenvalue weighted by atomic mass is 10.3. The summed E-state index contributed by atoms with van der Waals surface area (Å²) >= 11 is 11.5. The van der Waals surface area contributed by atoms with Crippen LogP contribution in [-0.4, -0.2) is 49.0 Å². The van der Waals surface area contributed by atoms with Crippen LogP contribution in [0.5, 0.6) is 0 Å². The molecule has 1 atom stereocenters. The average Bonchev–Trinajstić information content (AvgIpc) is 2.55. The van der Waals surface area contributed by atoms with Gasteiger partial charge in [0.2, 0.25) is 0 Å². The summed E-state index contributed by atoms with van der Waals surface area (Å²) in [7, 11) is 1.75. The number of hydrogen-bond donors (Lipinski definition) is 0. The lowest BCUT2D eigenvalue weighted by Gasteiger charge is -2.23. The minimum atomic E-state index is 0.313. The zero-order valence-electron chi connectivity index (χ0n) is 7.30. The molecule has 0 aromatic carbocycles. The van der Waals surface area contributed by atoms with Crippen LogP contribution < -0.4 is 0 Å². The monoisotopic (exact) mass is 211 g/mol. The normalized spacial score (nSPS) is 25.5. The molecule has 0 amide bonds. The lowest BCUT2D eigenvalue weighted by Crippen LogP contribution is -2.36. The molecule has 1 rings (SSSR count). The van der Waals surface area contributed by atoms with E-state index in [1.54, 1.807) is 7.11 Å². The summed E-state index contributed by atoms with van der Waals surface area (Å²) < 4.78 is 5.25. The van der Waals surface area contributed by atoms with E-state index in [1.807, 2.05) is 0 Å². The van der Waals surface area contributed by atoms with Crippen LogP contribution in [0, 0.1) is 0 Å². The van der Waals surface area contributed by atoms with E-state index >= 15 is 0 Å². The molecule has 1 unspecified atom stereocenters. The van der Waals surface area contributed by atoms with Crippen molar-refractivity contribution >= 4 is 23.2 Å². The molecule has 1 aliphatic rings. The van der Waals surface area contributed by atoms with Crippen molar-refractivity contribution in [1.82, 2.24) is 4.90 Å². The molecule has 0 N–H and O–H groups in total. The standard InChI is InChI=1S/C8H15Cl2NO/c1-12-8-2-3-11(6-8)7(4-9)5-10/h7-8H,2-6H2,1H3. The molecular weight excluding hydrogens is 197 g/mol. The largest absolute Gasteiger partial charge is 0.380 e. The minimum absolute atomic E-state index is 0.313. The smallest absolute Gasteiger partial charge is 0.0710 e. The number of rotatable bonds is 4. The van der Waals surface area contributed by atoms with E-state index in [1.165, 1.54) is 0 Å². The zero-order valence-corrected chi connectivity index (χ0v) is 8.81. The van der Waals surface area contributed by atoms with Crippen LogP contribution in [0.1, 0.15) is 6.42 Å². The summed E-state index contributed by atoms with van der Waals surface area (Å²) in [5.41, 5.74) is 0. The van der Waals surface area contributed by atoms with Crippen molar-refractivity contribution < 1.29 is 4.74 Å². The van der Waals surface area contributed by atoms with Gasteiger partial charge in [-0.25, -0.2) is 0 Å². The Labute approximate surface area is 83.8 Å². The van der Waals surface area contributed by atoms with Crippen LogP contribution in [0.4, 0.5) is 0 Å². The Bertz CT molecular complexity index is 130. The molecular formula is C8H15Cl2NO. The van der Waals surface area contributed by atoms with Gasteiger partial charge in [-0.15, -0.1) is 23.2 Å². The molecule has 0 radical (unpaired) electrons. The predicted octanol–water partition coefficient (Wildman–Crippen LogP) is 1.55. The highest BCUT2D eigenvalue weighted by molar-refractivity contribution is 6.21. The van der Waals surface area contributed by atoms with E-state index in [0.717, 1.165) is 19.5 Å². The summed E-state index contributed by atoms with van der Waals surface area (Å²) in [6.07, 6.45) is 1.47. The molecule has 0 aromatic rings. The molecule has 1 heterocycles. The van der Waals surface area contributed by atoms with Gasteiger partial charge in [0.25, 0.3) is 0 Å². The van der Waals surface area contributed by atoms with Crippen molar-refractivity contribution in [3.8, 4) is 0 Å². The molecule has 4 heteroatoms. The fraction of sp³-hybridized carbons (Fsp3) is 1.00. The van der Waals surface area contributed by atoms with Gasteiger partial charge in [-0.1, -0.05) is 0 Å². The van der Waals surface area contributed by atoms with Crippen molar-refractivity contribution in [1.29, 1.82) is 0 Å². The van der Waals surface area contributed by atoms with E-state index in [9.17, 15) is 0 Å². The Kier molecular flexibility index (Phi) is 4.65. The molecule has 2 nitrogen and oxygen atoms in total. The molecule has 0 spiro atoms. The van der Waals surface area contributed by atoms with Crippen molar-refractivity contribution in [3.63, 3.8) is 0 Å². The van der Waals surface area contributed by atoms with E-state index in [2.05, 4.69) is 4.90 Å².